The van der Waals surface area contributed by atoms with E-state index in [2.05, 4.69) is 36.1 Å². The standard InChI is InChI=1S/C20H15ClN8OS/c1-29-10-12(8-23-29)18(30)24-13-4-2-3-11(7-13)19-27-28-20(31-19)25-16-6-5-15-14(17(16)21)9-22-26-15/h2-10H,1H3,(H,22,26)(H,24,30)(H,25,28). The molecule has 0 fully saturated rings. The number of H-pyrrole nitrogens is 1. The largest absolute Gasteiger partial charge is 0.329 e. The number of halogens is 1. The van der Waals surface area contributed by atoms with Crippen LogP contribution >= 0.6 is 22.9 Å². The van der Waals surface area contributed by atoms with E-state index in [9.17, 15) is 4.79 Å². The molecule has 0 aliphatic heterocycles. The van der Waals surface area contributed by atoms with Crippen LogP contribution in [0.25, 0.3) is 21.5 Å². The van der Waals surface area contributed by atoms with Crippen LogP contribution in [0.3, 0.4) is 0 Å². The second kappa shape index (κ2) is 7.82. The van der Waals surface area contributed by atoms with Gasteiger partial charge in [-0.2, -0.15) is 10.2 Å². The summed E-state index contributed by atoms with van der Waals surface area (Å²) in [5.41, 5.74) is 3.56. The predicted molar refractivity (Wildman–Crippen MR) is 121 cm³/mol. The molecule has 5 aromatic rings. The highest BCUT2D eigenvalue weighted by Crippen LogP contribution is 2.34. The zero-order chi connectivity index (χ0) is 21.4. The molecule has 11 heteroatoms. The van der Waals surface area contributed by atoms with Crippen LogP contribution < -0.4 is 10.6 Å². The lowest BCUT2D eigenvalue weighted by Gasteiger charge is -2.05. The van der Waals surface area contributed by atoms with Crippen LogP contribution in [0.2, 0.25) is 5.02 Å². The number of aromatic nitrogens is 6. The number of aromatic amines is 1. The Bertz CT molecular complexity index is 1410. The van der Waals surface area contributed by atoms with E-state index in [4.69, 9.17) is 11.6 Å². The molecule has 1 amide bonds. The van der Waals surface area contributed by atoms with Gasteiger partial charge in [0.1, 0.15) is 5.01 Å². The number of aryl methyl sites for hydroxylation is 1. The van der Waals surface area contributed by atoms with Crippen molar-refractivity contribution >= 4 is 56.3 Å². The van der Waals surface area contributed by atoms with Gasteiger partial charge >= 0.3 is 0 Å². The molecule has 0 spiro atoms. The van der Waals surface area contributed by atoms with Crippen LogP contribution in [0.1, 0.15) is 10.4 Å². The lowest BCUT2D eigenvalue weighted by molar-refractivity contribution is 0.102. The first kappa shape index (κ1) is 19.2. The first-order valence-corrected chi connectivity index (χ1v) is 10.4. The Kier molecular flexibility index (Phi) is 4.85. The summed E-state index contributed by atoms with van der Waals surface area (Å²) in [6.45, 7) is 0. The fraction of sp³-hybridized carbons (Fsp3) is 0.0500. The average Bonchev–Trinajstić information content (AvgIpc) is 3.51. The summed E-state index contributed by atoms with van der Waals surface area (Å²) in [6, 6.07) is 11.2. The van der Waals surface area contributed by atoms with Gasteiger partial charge in [0.05, 0.1) is 34.2 Å². The number of hydrogen-bond donors (Lipinski definition) is 3. The van der Waals surface area contributed by atoms with E-state index >= 15 is 0 Å². The summed E-state index contributed by atoms with van der Waals surface area (Å²) in [6.07, 6.45) is 4.86. The fourth-order valence-corrected chi connectivity index (χ4v) is 4.07. The van der Waals surface area contributed by atoms with E-state index in [1.807, 2.05) is 36.4 Å². The highest BCUT2D eigenvalue weighted by atomic mass is 35.5. The molecule has 31 heavy (non-hydrogen) atoms. The van der Waals surface area contributed by atoms with Crippen molar-refractivity contribution in [3.8, 4) is 10.6 Å². The minimum atomic E-state index is -0.228. The van der Waals surface area contributed by atoms with Gasteiger partial charge in [-0.1, -0.05) is 35.1 Å². The minimum absolute atomic E-state index is 0.228. The summed E-state index contributed by atoms with van der Waals surface area (Å²) in [7, 11) is 1.76. The van der Waals surface area contributed by atoms with Crippen molar-refractivity contribution in [1.29, 1.82) is 0 Å². The molecule has 3 N–H and O–H groups in total. The number of carbonyl (C=O) groups excluding carboxylic acids is 1. The molecule has 9 nitrogen and oxygen atoms in total. The smallest absolute Gasteiger partial charge is 0.258 e. The summed E-state index contributed by atoms with van der Waals surface area (Å²) >= 11 is 7.85. The molecule has 0 saturated heterocycles. The van der Waals surface area contributed by atoms with Crippen molar-refractivity contribution in [2.24, 2.45) is 7.05 Å². The molecule has 3 heterocycles. The van der Waals surface area contributed by atoms with Crippen LogP contribution in [-0.2, 0) is 7.05 Å². The maximum absolute atomic E-state index is 12.4. The number of rotatable bonds is 5. The first-order chi connectivity index (χ1) is 15.1. The Morgan fingerprint density at radius 2 is 2.10 bits per heavy atom. The van der Waals surface area contributed by atoms with Crippen molar-refractivity contribution in [2.45, 2.75) is 0 Å². The van der Waals surface area contributed by atoms with E-state index in [1.54, 1.807) is 24.1 Å². The number of benzene rings is 2. The van der Waals surface area contributed by atoms with E-state index in [1.165, 1.54) is 17.5 Å². The van der Waals surface area contributed by atoms with Crippen LogP contribution in [0.15, 0.2) is 55.0 Å². The van der Waals surface area contributed by atoms with Gasteiger partial charge in [-0.05, 0) is 24.3 Å². The van der Waals surface area contributed by atoms with E-state index in [0.29, 0.717) is 26.4 Å². The zero-order valence-corrected chi connectivity index (χ0v) is 17.7. The minimum Gasteiger partial charge on any atom is -0.329 e. The quantitative estimate of drug-likeness (QED) is 0.364. The van der Waals surface area contributed by atoms with Crippen molar-refractivity contribution in [3.63, 3.8) is 0 Å². The molecule has 0 aliphatic carbocycles. The number of anilines is 3. The first-order valence-electron chi connectivity index (χ1n) is 9.19. The van der Waals surface area contributed by atoms with Crippen molar-refractivity contribution in [3.05, 3.63) is 65.6 Å². The lowest BCUT2D eigenvalue weighted by atomic mass is 10.2. The van der Waals surface area contributed by atoms with Crippen LogP contribution in [-0.4, -0.2) is 36.1 Å². The Balaban J connectivity index is 1.35. The highest BCUT2D eigenvalue weighted by Gasteiger charge is 2.13. The SMILES string of the molecule is Cn1cc(C(=O)Nc2cccc(-c3nnc(Nc4ccc5[nH]ncc5c4Cl)s3)c2)cn1. The van der Waals surface area contributed by atoms with Crippen molar-refractivity contribution in [2.75, 3.05) is 10.6 Å². The second-order valence-corrected chi connectivity index (χ2v) is 8.09. The third-order valence-corrected chi connectivity index (χ3v) is 5.85. The molecule has 0 bridgehead atoms. The molecular formula is C20H15ClN8OS. The number of hydrogen-bond acceptors (Lipinski definition) is 7. The Labute approximate surface area is 185 Å². The molecule has 0 atom stereocenters. The molecule has 3 aromatic heterocycles. The highest BCUT2D eigenvalue weighted by molar-refractivity contribution is 7.18. The molecule has 0 aliphatic rings. The summed E-state index contributed by atoms with van der Waals surface area (Å²) < 4.78 is 1.58. The predicted octanol–water partition coefficient (Wildman–Crippen LogP) is 4.46. The second-order valence-electron chi connectivity index (χ2n) is 6.73. The number of amides is 1. The maximum atomic E-state index is 12.4. The van der Waals surface area contributed by atoms with Crippen molar-refractivity contribution < 1.29 is 4.79 Å². The van der Waals surface area contributed by atoms with E-state index in [0.717, 1.165) is 22.2 Å². The third-order valence-electron chi connectivity index (χ3n) is 4.56. The number of nitrogens with zero attached hydrogens (tertiary/aromatic N) is 5. The van der Waals surface area contributed by atoms with Gasteiger partial charge in [0.15, 0.2) is 0 Å². The van der Waals surface area contributed by atoms with Gasteiger partial charge in [-0.25, -0.2) is 0 Å². The van der Waals surface area contributed by atoms with E-state index < -0.39 is 0 Å². The normalized spacial score (nSPS) is 11.0. The Morgan fingerprint density at radius 3 is 2.94 bits per heavy atom. The lowest BCUT2D eigenvalue weighted by Crippen LogP contribution is -2.11. The van der Waals surface area contributed by atoms with Gasteiger partial charge in [0, 0.05) is 29.9 Å². The molecule has 154 valence electrons. The Morgan fingerprint density at radius 1 is 1.19 bits per heavy atom. The molecule has 0 radical (unpaired) electrons. The summed E-state index contributed by atoms with van der Waals surface area (Å²) in [5.74, 6) is -0.228. The van der Waals surface area contributed by atoms with Crippen molar-refractivity contribution in [1.82, 2.24) is 30.2 Å². The fourth-order valence-electron chi connectivity index (χ4n) is 3.06. The average molecular weight is 451 g/mol. The van der Waals surface area contributed by atoms with E-state index in [-0.39, 0.29) is 5.91 Å². The third kappa shape index (κ3) is 3.86. The molecule has 5 rings (SSSR count). The summed E-state index contributed by atoms with van der Waals surface area (Å²) in [4.78, 5) is 12.4. The summed E-state index contributed by atoms with van der Waals surface area (Å²) in [5, 5.41) is 28.2. The van der Waals surface area contributed by atoms with Crippen LogP contribution in [0, 0.1) is 0 Å². The topological polar surface area (TPSA) is 113 Å². The molecule has 2 aromatic carbocycles. The van der Waals surface area contributed by atoms with Gasteiger partial charge in [0.2, 0.25) is 5.13 Å². The maximum Gasteiger partial charge on any atom is 0.258 e. The number of nitrogens with one attached hydrogen (secondary N) is 3. The van der Waals surface area contributed by atoms with Crippen LogP contribution in [0.4, 0.5) is 16.5 Å². The van der Waals surface area contributed by atoms with Gasteiger partial charge in [0.25, 0.3) is 5.91 Å². The molecule has 0 unspecified atom stereocenters. The zero-order valence-electron chi connectivity index (χ0n) is 16.1. The number of fused-ring (bicyclic) bond motifs is 1. The molecular weight excluding hydrogens is 436 g/mol. The molecule has 0 saturated carbocycles. The monoisotopic (exact) mass is 450 g/mol. The van der Waals surface area contributed by atoms with Gasteiger partial charge < -0.3 is 10.6 Å². The number of carbonyl (C=O) groups is 1. The Hall–Kier alpha value is -3.76. The van der Waals surface area contributed by atoms with Gasteiger partial charge in [-0.3, -0.25) is 14.6 Å². The van der Waals surface area contributed by atoms with Crippen LogP contribution in [0.5, 0.6) is 0 Å². The van der Waals surface area contributed by atoms with Gasteiger partial charge in [-0.15, -0.1) is 10.2 Å².